The highest BCUT2D eigenvalue weighted by molar-refractivity contribution is 4.86. The van der Waals surface area contributed by atoms with E-state index in [0.29, 0.717) is 12.1 Å². The van der Waals surface area contributed by atoms with Crippen molar-refractivity contribution in [2.75, 3.05) is 20.1 Å². The van der Waals surface area contributed by atoms with Gasteiger partial charge in [0.05, 0.1) is 0 Å². The molecule has 0 aliphatic carbocycles. The van der Waals surface area contributed by atoms with Crippen LogP contribution in [0.4, 0.5) is 0 Å². The van der Waals surface area contributed by atoms with Crippen molar-refractivity contribution in [1.82, 2.24) is 10.2 Å². The first kappa shape index (κ1) is 9.01. The number of nitrogens with zero attached hydrogens (tertiary/aromatic N) is 1. The lowest BCUT2D eigenvalue weighted by Crippen LogP contribution is -2.57. The van der Waals surface area contributed by atoms with Crippen molar-refractivity contribution in [2.45, 2.75) is 32.9 Å². The Morgan fingerprint density at radius 1 is 1.45 bits per heavy atom. The number of hydrogen-bond donors (Lipinski definition) is 1. The van der Waals surface area contributed by atoms with E-state index in [1.54, 1.807) is 0 Å². The first-order valence-electron chi connectivity index (χ1n) is 4.56. The van der Waals surface area contributed by atoms with Crippen molar-refractivity contribution in [3.8, 4) is 0 Å². The predicted molar refractivity (Wildman–Crippen MR) is 48.7 cm³/mol. The zero-order valence-corrected chi connectivity index (χ0v) is 8.09. The monoisotopic (exact) mass is 156 g/mol. The van der Waals surface area contributed by atoms with Gasteiger partial charge in [0.25, 0.3) is 0 Å². The van der Waals surface area contributed by atoms with Gasteiger partial charge < -0.3 is 10.2 Å². The number of rotatable bonds is 1. The topological polar surface area (TPSA) is 15.3 Å². The van der Waals surface area contributed by atoms with Crippen molar-refractivity contribution in [1.29, 1.82) is 0 Å². The lowest BCUT2D eigenvalue weighted by molar-refractivity contribution is 0.119. The van der Waals surface area contributed by atoms with Crippen LogP contribution in [-0.2, 0) is 0 Å². The summed E-state index contributed by atoms with van der Waals surface area (Å²) in [6.07, 6.45) is 0. The zero-order chi connectivity index (χ0) is 8.43. The van der Waals surface area contributed by atoms with Crippen molar-refractivity contribution in [2.24, 2.45) is 5.92 Å². The maximum Gasteiger partial charge on any atom is 0.0267 e. The quantitative estimate of drug-likeness (QED) is 0.607. The molecule has 2 nitrogen and oxygen atoms in total. The number of likely N-dealkylation sites (N-methyl/N-ethyl adjacent to an activating group) is 1. The average Bonchev–Trinajstić information content (AvgIpc) is 1.85. The highest BCUT2D eigenvalue weighted by atomic mass is 15.2. The standard InChI is InChI=1S/C9H20N2/c1-7(2)9-8(3)10-5-6-11(9)4/h7-10H,5-6H2,1-4H3. The van der Waals surface area contributed by atoms with E-state index in [0.717, 1.165) is 12.5 Å². The second-order valence-electron chi connectivity index (χ2n) is 3.96. The fourth-order valence-corrected chi connectivity index (χ4v) is 2.21. The Bertz CT molecular complexity index is 113. The van der Waals surface area contributed by atoms with Crippen LogP contribution in [0.15, 0.2) is 0 Å². The van der Waals surface area contributed by atoms with E-state index in [2.05, 4.69) is 38.0 Å². The number of piperazine rings is 1. The van der Waals surface area contributed by atoms with Crippen molar-refractivity contribution >= 4 is 0 Å². The molecule has 1 aliphatic heterocycles. The van der Waals surface area contributed by atoms with E-state index in [1.165, 1.54) is 6.54 Å². The van der Waals surface area contributed by atoms with E-state index < -0.39 is 0 Å². The van der Waals surface area contributed by atoms with Gasteiger partial charge in [-0.2, -0.15) is 0 Å². The van der Waals surface area contributed by atoms with E-state index in [-0.39, 0.29) is 0 Å². The molecule has 0 amide bonds. The third kappa shape index (κ3) is 1.94. The Morgan fingerprint density at radius 2 is 2.09 bits per heavy atom. The molecular formula is C9H20N2. The summed E-state index contributed by atoms with van der Waals surface area (Å²) in [6.45, 7) is 9.20. The van der Waals surface area contributed by atoms with Gasteiger partial charge in [0.15, 0.2) is 0 Å². The van der Waals surface area contributed by atoms with E-state index >= 15 is 0 Å². The van der Waals surface area contributed by atoms with Crippen molar-refractivity contribution < 1.29 is 0 Å². The minimum Gasteiger partial charge on any atom is -0.311 e. The summed E-state index contributed by atoms with van der Waals surface area (Å²) in [5, 5.41) is 3.50. The van der Waals surface area contributed by atoms with Gasteiger partial charge in [0.1, 0.15) is 0 Å². The molecule has 0 aromatic carbocycles. The summed E-state index contributed by atoms with van der Waals surface area (Å²) in [5.74, 6) is 0.753. The minimum atomic E-state index is 0.647. The van der Waals surface area contributed by atoms with E-state index in [9.17, 15) is 0 Å². The van der Waals surface area contributed by atoms with Gasteiger partial charge in [-0.1, -0.05) is 13.8 Å². The predicted octanol–water partition coefficient (Wildman–Crippen LogP) is 0.934. The summed E-state index contributed by atoms with van der Waals surface area (Å²) in [4.78, 5) is 2.46. The maximum atomic E-state index is 3.50. The summed E-state index contributed by atoms with van der Waals surface area (Å²) in [7, 11) is 2.22. The van der Waals surface area contributed by atoms with Gasteiger partial charge in [-0.15, -0.1) is 0 Å². The average molecular weight is 156 g/mol. The first-order chi connectivity index (χ1) is 5.13. The lowest BCUT2D eigenvalue weighted by atomic mass is 9.94. The van der Waals surface area contributed by atoms with Crippen LogP contribution in [0.25, 0.3) is 0 Å². The summed E-state index contributed by atoms with van der Waals surface area (Å²) < 4.78 is 0. The molecule has 0 spiro atoms. The Balaban J connectivity index is 2.55. The Labute approximate surface area is 70.0 Å². The normalized spacial score (nSPS) is 34.6. The fraction of sp³-hybridized carbons (Fsp3) is 1.00. The van der Waals surface area contributed by atoms with Crippen LogP contribution in [0.2, 0.25) is 0 Å². The Hall–Kier alpha value is -0.0800. The van der Waals surface area contributed by atoms with Gasteiger partial charge in [-0.3, -0.25) is 0 Å². The molecule has 1 saturated heterocycles. The molecule has 2 heteroatoms. The van der Waals surface area contributed by atoms with Gasteiger partial charge in [0, 0.05) is 25.2 Å². The van der Waals surface area contributed by atoms with Crippen LogP contribution in [0.1, 0.15) is 20.8 Å². The van der Waals surface area contributed by atoms with Crippen LogP contribution in [0, 0.1) is 5.92 Å². The molecule has 2 atom stereocenters. The number of hydrogen-bond acceptors (Lipinski definition) is 2. The molecule has 1 rings (SSSR count). The van der Waals surface area contributed by atoms with E-state index in [1.807, 2.05) is 0 Å². The largest absolute Gasteiger partial charge is 0.311 e. The van der Waals surface area contributed by atoms with Gasteiger partial charge in [-0.05, 0) is 19.9 Å². The molecule has 0 saturated carbocycles. The SMILES string of the molecule is CC(C)C1C(C)NCCN1C. The molecule has 11 heavy (non-hydrogen) atoms. The smallest absolute Gasteiger partial charge is 0.0267 e. The molecule has 1 fully saturated rings. The molecule has 1 heterocycles. The molecule has 0 radical (unpaired) electrons. The highest BCUT2D eigenvalue weighted by Crippen LogP contribution is 2.15. The molecule has 2 unspecified atom stereocenters. The van der Waals surface area contributed by atoms with Crippen molar-refractivity contribution in [3.05, 3.63) is 0 Å². The van der Waals surface area contributed by atoms with Crippen molar-refractivity contribution in [3.63, 3.8) is 0 Å². The molecule has 0 bridgehead atoms. The third-order valence-corrected chi connectivity index (χ3v) is 2.64. The van der Waals surface area contributed by atoms with Gasteiger partial charge >= 0.3 is 0 Å². The fourth-order valence-electron chi connectivity index (χ4n) is 2.21. The summed E-state index contributed by atoms with van der Waals surface area (Å²) in [5.41, 5.74) is 0. The minimum absolute atomic E-state index is 0.647. The lowest BCUT2D eigenvalue weighted by Gasteiger charge is -2.40. The molecule has 66 valence electrons. The zero-order valence-electron chi connectivity index (χ0n) is 8.09. The molecule has 1 aliphatic rings. The van der Waals surface area contributed by atoms with E-state index in [4.69, 9.17) is 0 Å². The first-order valence-corrected chi connectivity index (χ1v) is 4.56. The van der Waals surface area contributed by atoms with Crippen LogP contribution >= 0.6 is 0 Å². The summed E-state index contributed by atoms with van der Waals surface area (Å²) in [6, 6.07) is 1.36. The summed E-state index contributed by atoms with van der Waals surface area (Å²) >= 11 is 0. The third-order valence-electron chi connectivity index (χ3n) is 2.64. The molecule has 0 aromatic rings. The second-order valence-corrected chi connectivity index (χ2v) is 3.96. The Kier molecular flexibility index (Phi) is 2.90. The maximum absolute atomic E-state index is 3.50. The van der Waals surface area contributed by atoms with Crippen LogP contribution in [-0.4, -0.2) is 37.1 Å². The number of nitrogens with one attached hydrogen (secondary N) is 1. The molecule has 0 aromatic heterocycles. The molecular weight excluding hydrogens is 136 g/mol. The molecule has 1 N–H and O–H groups in total. The van der Waals surface area contributed by atoms with Crippen LogP contribution in [0.3, 0.4) is 0 Å². The van der Waals surface area contributed by atoms with Crippen LogP contribution in [0.5, 0.6) is 0 Å². The van der Waals surface area contributed by atoms with Gasteiger partial charge in [-0.25, -0.2) is 0 Å². The van der Waals surface area contributed by atoms with Gasteiger partial charge in [0.2, 0.25) is 0 Å². The Morgan fingerprint density at radius 3 is 2.45 bits per heavy atom. The highest BCUT2D eigenvalue weighted by Gasteiger charge is 2.27. The van der Waals surface area contributed by atoms with Crippen LogP contribution < -0.4 is 5.32 Å². The second kappa shape index (κ2) is 3.55.